The Bertz CT molecular complexity index is 864. The molecule has 25 heavy (non-hydrogen) atoms. The molecular weight excluding hydrogens is 318 g/mol. The van der Waals surface area contributed by atoms with E-state index in [1.165, 1.54) is 0 Å². The van der Waals surface area contributed by atoms with Crippen molar-refractivity contribution < 1.29 is 14.5 Å². The molecule has 0 bridgehead atoms. The third-order valence-electron chi connectivity index (χ3n) is 4.01. The van der Waals surface area contributed by atoms with E-state index in [1.807, 2.05) is 30.3 Å². The Balaban J connectivity index is 1.57. The molecule has 6 heteroatoms. The first-order chi connectivity index (χ1) is 11.9. The third kappa shape index (κ3) is 4.64. The summed E-state index contributed by atoms with van der Waals surface area (Å²) in [4.78, 5) is 12.3. The van der Waals surface area contributed by atoms with Crippen molar-refractivity contribution in [1.29, 1.82) is 0 Å². The molecule has 1 heterocycles. The minimum absolute atomic E-state index is 0.132. The van der Waals surface area contributed by atoms with Gasteiger partial charge in [-0.15, -0.1) is 0 Å². The fourth-order valence-corrected chi connectivity index (χ4v) is 2.50. The number of amides is 1. The molecule has 0 atom stereocenters. The summed E-state index contributed by atoms with van der Waals surface area (Å²) in [7, 11) is 0. The predicted molar refractivity (Wildman–Crippen MR) is 94.0 cm³/mol. The Hall–Kier alpha value is -2.73. The molecule has 0 spiro atoms. The van der Waals surface area contributed by atoms with Gasteiger partial charge in [-0.1, -0.05) is 18.2 Å². The van der Waals surface area contributed by atoms with Crippen LogP contribution in [0, 0.1) is 0 Å². The van der Waals surface area contributed by atoms with Crippen molar-refractivity contribution >= 4 is 16.9 Å². The van der Waals surface area contributed by atoms with Gasteiger partial charge in [0.15, 0.2) is 0 Å². The van der Waals surface area contributed by atoms with E-state index < -0.39 is 5.60 Å². The Morgan fingerprint density at radius 1 is 1.08 bits per heavy atom. The Morgan fingerprint density at radius 3 is 2.48 bits per heavy atom. The summed E-state index contributed by atoms with van der Waals surface area (Å²) in [6.07, 6.45) is 1.45. The van der Waals surface area contributed by atoms with Crippen LogP contribution in [0.3, 0.4) is 0 Å². The van der Waals surface area contributed by atoms with Crippen molar-refractivity contribution in [3.8, 4) is 0 Å². The van der Waals surface area contributed by atoms with Crippen LogP contribution in [-0.2, 0) is 13.0 Å². The number of aliphatic hydroxyl groups is 1. The third-order valence-corrected chi connectivity index (χ3v) is 4.01. The highest BCUT2D eigenvalue weighted by molar-refractivity contribution is 5.94. The maximum Gasteiger partial charge on any atom is 0.251 e. The normalized spacial score (nSPS) is 11.6. The van der Waals surface area contributed by atoms with Gasteiger partial charge in [0.05, 0.1) is 5.60 Å². The van der Waals surface area contributed by atoms with Gasteiger partial charge in [-0.05, 0) is 72.4 Å². The summed E-state index contributed by atoms with van der Waals surface area (Å²) in [6, 6.07) is 13.0. The minimum Gasteiger partial charge on any atom is -0.390 e. The summed E-state index contributed by atoms with van der Waals surface area (Å²) in [5.74, 6) is -0.132. The standard InChI is InChI=1S/C19H21N3O3/c1-19(2,24)10-9-13-3-6-15(7-4-13)18(23)20-12-14-5-8-16-17(11-14)22-25-21-16/h3-8,11,24H,9-10,12H2,1-2H3,(H,20,23). The zero-order chi connectivity index (χ0) is 17.9. The van der Waals surface area contributed by atoms with Crippen molar-refractivity contribution in [2.75, 3.05) is 0 Å². The van der Waals surface area contributed by atoms with Gasteiger partial charge in [0.1, 0.15) is 11.0 Å². The van der Waals surface area contributed by atoms with E-state index in [9.17, 15) is 9.90 Å². The number of fused-ring (bicyclic) bond motifs is 1. The fourth-order valence-electron chi connectivity index (χ4n) is 2.50. The molecule has 130 valence electrons. The topological polar surface area (TPSA) is 88.2 Å². The molecule has 3 aromatic rings. The molecule has 0 radical (unpaired) electrons. The molecule has 1 amide bonds. The number of nitrogens with zero attached hydrogens (tertiary/aromatic N) is 2. The lowest BCUT2D eigenvalue weighted by Crippen LogP contribution is -2.22. The molecular formula is C19H21N3O3. The zero-order valence-electron chi connectivity index (χ0n) is 14.3. The Morgan fingerprint density at radius 2 is 1.76 bits per heavy atom. The van der Waals surface area contributed by atoms with Crippen LogP contribution in [0.4, 0.5) is 0 Å². The minimum atomic E-state index is -0.684. The molecule has 0 saturated heterocycles. The lowest BCUT2D eigenvalue weighted by Gasteiger charge is -2.16. The summed E-state index contributed by atoms with van der Waals surface area (Å²) in [6.45, 7) is 3.99. The molecule has 6 nitrogen and oxygen atoms in total. The van der Waals surface area contributed by atoms with Crippen molar-refractivity contribution in [1.82, 2.24) is 15.6 Å². The largest absolute Gasteiger partial charge is 0.390 e. The summed E-state index contributed by atoms with van der Waals surface area (Å²) in [5, 5.41) is 20.2. The smallest absolute Gasteiger partial charge is 0.251 e. The van der Waals surface area contributed by atoms with Crippen LogP contribution in [0.25, 0.3) is 11.0 Å². The summed E-state index contributed by atoms with van der Waals surface area (Å²) >= 11 is 0. The van der Waals surface area contributed by atoms with E-state index in [1.54, 1.807) is 26.0 Å². The summed E-state index contributed by atoms with van der Waals surface area (Å²) < 4.78 is 4.66. The van der Waals surface area contributed by atoms with Crippen LogP contribution < -0.4 is 5.32 Å². The van der Waals surface area contributed by atoms with Gasteiger partial charge in [0.25, 0.3) is 5.91 Å². The van der Waals surface area contributed by atoms with E-state index in [0.29, 0.717) is 29.6 Å². The molecule has 3 rings (SSSR count). The van der Waals surface area contributed by atoms with Crippen LogP contribution in [0.5, 0.6) is 0 Å². The molecule has 1 aromatic heterocycles. The molecule has 2 N–H and O–H groups in total. The fraction of sp³-hybridized carbons (Fsp3) is 0.316. The van der Waals surface area contributed by atoms with Gasteiger partial charge < -0.3 is 10.4 Å². The van der Waals surface area contributed by atoms with Gasteiger partial charge in [-0.2, -0.15) is 0 Å². The van der Waals surface area contributed by atoms with Gasteiger partial charge in [0, 0.05) is 12.1 Å². The number of aryl methyl sites for hydroxylation is 1. The van der Waals surface area contributed by atoms with E-state index in [2.05, 4.69) is 20.3 Å². The first-order valence-electron chi connectivity index (χ1n) is 8.21. The highest BCUT2D eigenvalue weighted by Gasteiger charge is 2.12. The average molecular weight is 339 g/mol. The Labute approximate surface area is 145 Å². The van der Waals surface area contributed by atoms with E-state index in [0.717, 1.165) is 17.5 Å². The first-order valence-corrected chi connectivity index (χ1v) is 8.21. The monoisotopic (exact) mass is 339 g/mol. The van der Waals surface area contributed by atoms with Gasteiger partial charge in [0.2, 0.25) is 0 Å². The van der Waals surface area contributed by atoms with Crippen molar-refractivity contribution in [3.05, 3.63) is 59.2 Å². The molecule has 2 aromatic carbocycles. The molecule has 0 aliphatic heterocycles. The van der Waals surface area contributed by atoms with Crippen molar-refractivity contribution in [3.63, 3.8) is 0 Å². The molecule has 0 saturated carbocycles. The lowest BCUT2D eigenvalue weighted by molar-refractivity contribution is 0.0713. The predicted octanol–water partition coefficient (Wildman–Crippen LogP) is 2.86. The van der Waals surface area contributed by atoms with E-state index in [-0.39, 0.29) is 5.91 Å². The number of aromatic nitrogens is 2. The van der Waals surface area contributed by atoms with Crippen molar-refractivity contribution in [2.24, 2.45) is 0 Å². The SMILES string of the molecule is CC(C)(O)CCc1ccc(C(=O)NCc2ccc3nonc3c2)cc1. The van der Waals surface area contributed by atoms with Gasteiger partial charge in [-0.3, -0.25) is 4.79 Å². The second-order valence-corrected chi connectivity index (χ2v) is 6.78. The first kappa shape index (κ1) is 17.1. The van der Waals surface area contributed by atoms with E-state index in [4.69, 9.17) is 0 Å². The van der Waals surface area contributed by atoms with Gasteiger partial charge >= 0.3 is 0 Å². The highest BCUT2D eigenvalue weighted by Crippen LogP contribution is 2.14. The van der Waals surface area contributed by atoms with Crippen LogP contribution in [-0.4, -0.2) is 26.9 Å². The number of carbonyl (C=O) groups is 1. The second-order valence-electron chi connectivity index (χ2n) is 6.78. The van der Waals surface area contributed by atoms with Crippen molar-refractivity contribution in [2.45, 2.75) is 38.8 Å². The maximum atomic E-state index is 12.3. The van der Waals surface area contributed by atoms with Crippen LogP contribution in [0.15, 0.2) is 47.1 Å². The quantitative estimate of drug-likeness (QED) is 0.721. The number of hydrogen-bond donors (Lipinski definition) is 2. The molecule has 0 aliphatic carbocycles. The number of nitrogens with one attached hydrogen (secondary N) is 1. The van der Waals surface area contributed by atoms with Gasteiger partial charge in [-0.25, -0.2) is 4.63 Å². The zero-order valence-corrected chi connectivity index (χ0v) is 14.3. The van der Waals surface area contributed by atoms with Crippen LogP contribution >= 0.6 is 0 Å². The van der Waals surface area contributed by atoms with E-state index >= 15 is 0 Å². The average Bonchev–Trinajstić information content (AvgIpc) is 3.05. The Kier molecular flexibility index (Phi) is 4.81. The number of benzene rings is 2. The molecule has 0 fully saturated rings. The highest BCUT2D eigenvalue weighted by atomic mass is 16.6. The lowest BCUT2D eigenvalue weighted by atomic mass is 9.98. The van der Waals surface area contributed by atoms with Crippen LogP contribution in [0.2, 0.25) is 0 Å². The number of rotatable bonds is 6. The summed E-state index contributed by atoms with van der Waals surface area (Å²) in [5.41, 5.74) is 3.31. The molecule has 0 aliphatic rings. The number of hydrogen-bond acceptors (Lipinski definition) is 5. The molecule has 0 unspecified atom stereocenters. The number of carbonyl (C=O) groups excluding carboxylic acids is 1. The maximum absolute atomic E-state index is 12.3. The van der Waals surface area contributed by atoms with Crippen LogP contribution in [0.1, 0.15) is 41.8 Å². The second kappa shape index (κ2) is 7.03.